The van der Waals surface area contributed by atoms with Crippen LogP contribution in [0, 0.1) is 11.8 Å². The van der Waals surface area contributed by atoms with Gasteiger partial charge in [0.25, 0.3) is 0 Å². The summed E-state index contributed by atoms with van der Waals surface area (Å²) in [4.78, 5) is 0. The Kier molecular flexibility index (Phi) is 5.04. The summed E-state index contributed by atoms with van der Waals surface area (Å²) in [7, 11) is -1.68. The quantitative estimate of drug-likeness (QED) is 0.563. The highest BCUT2D eigenvalue weighted by atomic mass is 35.5. The molecular weight excluding hydrogens is 260 g/mol. The molecule has 0 bridgehead atoms. The number of hydrogen-bond donors (Lipinski definition) is 0. The molecule has 0 atom stereocenters. The maximum absolute atomic E-state index is 5.98. The Hall–Kier alpha value is -0.753. The number of hydrogen-bond acceptors (Lipinski definition) is 1. The van der Waals surface area contributed by atoms with E-state index in [1.165, 1.54) is 0 Å². The monoisotopic (exact) mass is 280 g/mol. The molecule has 0 saturated heterocycles. The second kappa shape index (κ2) is 5.93. The Morgan fingerprint density at radius 1 is 1.17 bits per heavy atom. The van der Waals surface area contributed by atoms with Crippen molar-refractivity contribution < 1.29 is 4.43 Å². The van der Waals surface area contributed by atoms with Gasteiger partial charge >= 0.3 is 0 Å². The molecule has 0 N–H and O–H groups in total. The average Bonchev–Trinajstić information content (AvgIpc) is 2.25. The SMILES string of the molecule is CC(C)(C)[Si](C)(C)OCC#Cc1ccc(Cl)cc1. The Balaban J connectivity index is 2.55. The fraction of sp³-hybridized carbons (Fsp3) is 0.467. The van der Waals surface area contributed by atoms with Crippen molar-refractivity contribution in [1.82, 2.24) is 0 Å². The van der Waals surface area contributed by atoms with Crippen molar-refractivity contribution in [3.05, 3.63) is 34.9 Å². The van der Waals surface area contributed by atoms with Gasteiger partial charge in [0.05, 0.1) is 6.61 Å². The Labute approximate surface area is 117 Å². The minimum Gasteiger partial charge on any atom is -0.406 e. The van der Waals surface area contributed by atoms with E-state index >= 15 is 0 Å². The zero-order chi connectivity index (χ0) is 13.8. The van der Waals surface area contributed by atoms with Gasteiger partial charge in [-0.15, -0.1) is 0 Å². The van der Waals surface area contributed by atoms with E-state index in [0.29, 0.717) is 6.61 Å². The lowest BCUT2D eigenvalue weighted by Crippen LogP contribution is -2.40. The van der Waals surface area contributed by atoms with Gasteiger partial charge in [0.1, 0.15) is 0 Å². The molecule has 0 fully saturated rings. The van der Waals surface area contributed by atoms with Gasteiger partial charge in [-0.3, -0.25) is 0 Å². The molecule has 0 saturated carbocycles. The minimum atomic E-state index is -1.68. The molecule has 0 aromatic heterocycles. The van der Waals surface area contributed by atoms with Gasteiger partial charge in [-0.1, -0.05) is 44.2 Å². The van der Waals surface area contributed by atoms with Crippen LogP contribution in [0.3, 0.4) is 0 Å². The Bertz CT molecular complexity index is 446. The smallest absolute Gasteiger partial charge is 0.193 e. The number of benzene rings is 1. The van der Waals surface area contributed by atoms with Crippen LogP contribution in [0.1, 0.15) is 26.3 Å². The highest BCUT2D eigenvalue weighted by Crippen LogP contribution is 2.36. The van der Waals surface area contributed by atoms with E-state index in [-0.39, 0.29) is 5.04 Å². The number of halogens is 1. The lowest BCUT2D eigenvalue weighted by atomic mass is 10.2. The molecule has 0 unspecified atom stereocenters. The van der Waals surface area contributed by atoms with E-state index in [4.69, 9.17) is 16.0 Å². The van der Waals surface area contributed by atoms with Crippen LogP contribution in [0.4, 0.5) is 0 Å². The minimum absolute atomic E-state index is 0.231. The van der Waals surface area contributed by atoms with Crippen LogP contribution in [-0.2, 0) is 4.43 Å². The van der Waals surface area contributed by atoms with Gasteiger partial charge in [-0.05, 0) is 42.4 Å². The van der Waals surface area contributed by atoms with Crippen LogP contribution in [0.15, 0.2) is 24.3 Å². The van der Waals surface area contributed by atoms with Crippen LogP contribution < -0.4 is 0 Å². The lowest BCUT2D eigenvalue weighted by Gasteiger charge is -2.35. The summed E-state index contributed by atoms with van der Waals surface area (Å²) in [5.74, 6) is 6.15. The first-order valence-corrected chi connectivity index (χ1v) is 9.39. The van der Waals surface area contributed by atoms with Crippen molar-refractivity contribution in [2.75, 3.05) is 6.61 Å². The largest absolute Gasteiger partial charge is 0.406 e. The van der Waals surface area contributed by atoms with Gasteiger partial charge in [0.15, 0.2) is 8.32 Å². The zero-order valence-corrected chi connectivity index (χ0v) is 13.6. The van der Waals surface area contributed by atoms with Gasteiger partial charge in [0, 0.05) is 10.6 Å². The predicted octanol–water partition coefficient (Wildman–Crippen LogP) is 4.71. The fourth-order valence-electron chi connectivity index (χ4n) is 1.10. The molecule has 1 rings (SSSR count). The maximum atomic E-state index is 5.98. The lowest BCUT2D eigenvalue weighted by molar-refractivity contribution is 0.334. The summed E-state index contributed by atoms with van der Waals surface area (Å²) < 4.78 is 5.98. The first-order valence-electron chi connectivity index (χ1n) is 6.11. The molecule has 0 amide bonds. The zero-order valence-electron chi connectivity index (χ0n) is 11.8. The third kappa shape index (κ3) is 4.49. The molecule has 1 nitrogen and oxygen atoms in total. The topological polar surface area (TPSA) is 9.23 Å². The number of rotatable bonds is 2. The molecule has 0 aliphatic heterocycles. The van der Waals surface area contributed by atoms with E-state index in [0.717, 1.165) is 10.6 Å². The summed E-state index contributed by atoms with van der Waals surface area (Å²) in [6.45, 7) is 11.6. The average molecular weight is 281 g/mol. The van der Waals surface area contributed by atoms with Crippen LogP contribution >= 0.6 is 11.6 Å². The normalized spacial score (nSPS) is 11.9. The predicted molar refractivity (Wildman–Crippen MR) is 81.5 cm³/mol. The highest BCUT2D eigenvalue weighted by Gasteiger charge is 2.36. The molecule has 0 radical (unpaired) electrons. The standard InChI is InChI=1S/C15H21ClOSi/c1-15(2,3)18(4,5)17-12-6-7-13-8-10-14(16)11-9-13/h8-11H,12H2,1-5H3. The van der Waals surface area contributed by atoms with E-state index < -0.39 is 8.32 Å². The molecule has 0 aliphatic rings. The van der Waals surface area contributed by atoms with Crippen LogP contribution in [0.25, 0.3) is 0 Å². The molecule has 18 heavy (non-hydrogen) atoms. The molecule has 1 aromatic rings. The Morgan fingerprint density at radius 3 is 2.22 bits per heavy atom. The third-order valence-electron chi connectivity index (χ3n) is 3.39. The van der Waals surface area contributed by atoms with Crippen molar-refractivity contribution in [1.29, 1.82) is 0 Å². The van der Waals surface area contributed by atoms with E-state index in [1.807, 2.05) is 24.3 Å². The molecule has 0 spiro atoms. The summed E-state index contributed by atoms with van der Waals surface area (Å²) in [5, 5.41) is 0.965. The van der Waals surface area contributed by atoms with Crippen molar-refractivity contribution in [3.8, 4) is 11.8 Å². The third-order valence-corrected chi connectivity index (χ3v) is 8.12. The van der Waals surface area contributed by atoms with E-state index in [9.17, 15) is 0 Å². The molecule has 1 aromatic carbocycles. The van der Waals surface area contributed by atoms with Crippen LogP contribution in [0.5, 0.6) is 0 Å². The second-order valence-electron chi connectivity index (χ2n) is 5.86. The highest BCUT2D eigenvalue weighted by molar-refractivity contribution is 6.74. The van der Waals surface area contributed by atoms with Crippen molar-refractivity contribution in [3.63, 3.8) is 0 Å². The van der Waals surface area contributed by atoms with Crippen LogP contribution in [0.2, 0.25) is 23.2 Å². The molecule has 0 heterocycles. The van der Waals surface area contributed by atoms with Gasteiger partial charge < -0.3 is 4.43 Å². The van der Waals surface area contributed by atoms with Crippen molar-refractivity contribution >= 4 is 19.9 Å². The molecule has 0 aliphatic carbocycles. The van der Waals surface area contributed by atoms with Crippen LogP contribution in [-0.4, -0.2) is 14.9 Å². The Morgan fingerprint density at radius 2 is 1.72 bits per heavy atom. The van der Waals surface area contributed by atoms with Gasteiger partial charge in [-0.25, -0.2) is 0 Å². The van der Waals surface area contributed by atoms with Crippen molar-refractivity contribution in [2.45, 2.75) is 38.9 Å². The first kappa shape index (κ1) is 15.3. The van der Waals surface area contributed by atoms with Crippen molar-refractivity contribution in [2.24, 2.45) is 0 Å². The first-order chi connectivity index (χ1) is 8.22. The molecule has 98 valence electrons. The van der Waals surface area contributed by atoms with E-state index in [1.54, 1.807) is 0 Å². The maximum Gasteiger partial charge on any atom is 0.193 e. The second-order valence-corrected chi connectivity index (χ2v) is 11.1. The van der Waals surface area contributed by atoms with Gasteiger partial charge in [0.2, 0.25) is 0 Å². The summed E-state index contributed by atoms with van der Waals surface area (Å²) in [5.41, 5.74) is 0.971. The summed E-state index contributed by atoms with van der Waals surface area (Å²) in [6.07, 6.45) is 0. The summed E-state index contributed by atoms with van der Waals surface area (Å²) in [6, 6.07) is 7.53. The van der Waals surface area contributed by atoms with E-state index in [2.05, 4.69) is 45.7 Å². The molecule has 3 heteroatoms. The van der Waals surface area contributed by atoms with Gasteiger partial charge in [-0.2, -0.15) is 0 Å². The molecular formula is C15H21ClOSi. The fourth-order valence-corrected chi connectivity index (χ4v) is 2.10. The summed E-state index contributed by atoms with van der Waals surface area (Å²) >= 11 is 5.82.